The van der Waals surface area contributed by atoms with Crippen LogP contribution < -0.4 is 10.7 Å². The Balaban J connectivity index is 1.43. The monoisotopic (exact) mass is 484 g/mol. The summed E-state index contributed by atoms with van der Waals surface area (Å²) >= 11 is 0. The van der Waals surface area contributed by atoms with Crippen LogP contribution in [0.15, 0.2) is 65.4 Å². The minimum absolute atomic E-state index is 0.0682. The fourth-order valence-corrected chi connectivity index (χ4v) is 4.26. The van der Waals surface area contributed by atoms with E-state index in [0.29, 0.717) is 24.4 Å². The van der Waals surface area contributed by atoms with Gasteiger partial charge in [-0.1, -0.05) is 25.2 Å². The van der Waals surface area contributed by atoms with E-state index in [9.17, 15) is 9.18 Å². The van der Waals surface area contributed by atoms with Gasteiger partial charge in [-0.05, 0) is 36.1 Å². The predicted molar refractivity (Wildman–Crippen MR) is 139 cm³/mol. The molecule has 0 spiro atoms. The summed E-state index contributed by atoms with van der Waals surface area (Å²) in [5.41, 5.74) is 9.42. The molecule has 3 N–H and O–H groups in total. The molecule has 182 valence electrons. The molecule has 10 heteroatoms. The van der Waals surface area contributed by atoms with Crippen molar-refractivity contribution in [2.45, 2.75) is 26.7 Å². The molecule has 3 aromatic rings. The Morgan fingerprint density at radius 1 is 1.25 bits per heavy atom. The molecule has 2 aliphatic heterocycles. The molecule has 36 heavy (non-hydrogen) atoms. The van der Waals surface area contributed by atoms with Crippen molar-refractivity contribution >= 4 is 45.3 Å². The van der Waals surface area contributed by atoms with Gasteiger partial charge < -0.3 is 10.3 Å². The molecule has 0 saturated heterocycles. The van der Waals surface area contributed by atoms with E-state index in [1.807, 2.05) is 19.1 Å². The highest BCUT2D eigenvalue weighted by Gasteiger charge is 2.34. The summed E-state index contributed by atoms with van der Waals surface area (Å²) < 4.78 is 12.7. The minimum atomic E-state index is -0.544. The van der Waals surface area contributed by atoms with Gasteiger partial charge in [0.2, 0.25) is 5.91 Å². The Morgan fingerprint density at radius 3 is 2.92 bits per heavy atom. The molecule has 1 unspecified atom stereocenters. The average molecular weight is 485 g/mol. The molecule has 1 amide bonds. The number of nitrogens with one attached hydrogen (secondary N) is 3. The Bertz CT molecular complexity index is 1480. The number of carbonyl (C=O) groups is 1. The van der Waals surface area contributed by atoms with Gasteiger partial charge in [0.1, 0.15) is 18.2 Å². The number of amides is 1. The number of anilines is 1. The molecule has 0 saturated carbocycles. The van der Waals surface area contributed by atoms with E-state index in [0.717, 1.165) is 44.9 Å². The van der Waals surface area contributed by atoms with Crippen molar-refractivity contribution in [3.05, 3.63) is 72.2 Å². The summed E-state index contributed by atoms with van der Waals surface area (Å²) in [6.45, 7) is 3.15. The maximum Gasteiger partial charge on any atom is 0.224 e. The number of aromatic nitrogens is 4. The number of hydrogen-bond acceptors (Lipinski definition) is 7. The molecular formula is C26H25FN8O. The second-order valence-electron chi connectivity index (χ2n) is 8.37. The van der Waals surface area contributed by atoms with Crippen LogP contribution in [0.4, 0.5) is 10.1 Å². The van der Waals surface area contributed by atoms with Crippen molar-refractivity contribution < 1.29 is 9.18 Å². The van der Waals surface area contributed by atoms with Crippen LogP contribution in [0.1, 0.15) is 43.6 Å². The number of carbonyl (C=O) groups excluding carboxylic acids is 1. The standard InChI is InChI=1S/C26H25FN8O/c1-3-15(6-5-7-27)20-13-29-14-21-23(20)33-26(32-21)24-19-9-17(11-30-25(19)35-34-24)16-8-18(12-28-10-16)31-22(36)4-2/h3,5-6,8,10-14,19H,4,7,9H2,1-2H3,(H,30,35)(H,31,36)(H,32,33)/b6-5-,15-3+. The molecule has 0 radical (unpaired) electrons. The molecule has 0 aliphatic carbocycles. The Hall–Kier alpha value is -4.47. The zero-order valence-electron chi connectivity index (χ0n) is 19.9. The van der Waals surface area contributed by atoms with Crippen LogP contribution >= 0.6 is 0 Å². The SMILES string of the molecule is C/C=C(\C=C/CF)c1cncc2[nH]c(C3=NNC4=NC=C(c5cncc(NC(=O)CC)c5)CC43)nc12. The number of aromatic amines is 1. The second kappa shape index (κ2) is 10.0. The van der Waals surface area contributed by atoms with E-state index in [4.69, 9.17) is 4.98 Å². The highest BCUT2D eigenvalue weighted by atomic mass is 19.1. The summed E-state index contributed by atoms with van der Waals surface area (Å²) in [6, 6.07) is 1.90. The average Bonchev–Trinajstić information content (AvgIpc) is 3.53. The van der Waals surface area contributed by atoms with Gasteiger partial charge in [0, 0.05) is 30.6 Å². The minimum Gasteiger partial charge on any atom is -0.336 e. The van der Waals surface area contributed by atoms with Crippen molar-refractivity contribution in [3.8, 4) is 0 Å². The molecule has 0 bridgehead atoms. The number of amidine groups is 1. The van der Waals surface area contributed by atoms with Gasteiger partial charge in [0.25, 0.3) is 0 Å². The third kappa shape index (κ3) is 4.45. The number of aliphatic imine (C=N–C) groups is 1. The molecule has 9 nitrogen and oxygen atoms in total. The van der Waals surface area contributed by atoms with E-state index < -0.39 is 6.67 Å². The quantitative estimate of drug-likeness (QED) is 0.430. The van der Waals surface area contributed by atoms with Gasteiger partial charge in [0.05, 0.1) is 35.0 Å². The first kappa shape index (κ1) is 23.3. The van der Waals surface area contributed by atoms with E-state index in [1.165, 1.54) is 6.08 Å². The summed E-state index contributed by atoms with van der Waals surface area (Å²) in [5, 5.41) is 7.37. The molecular weight excluding hydrogens is 459 g/mol. The number of hydrogen-bond donors (Lipinski definition) is 3. The largest absolute Gasteiger partial charge is 0.336 e. The van der Waals surface area contributed by atoms with Crippen LogP contribution in [-0.2, 0) is 4.79 Å². The van der Waals surface area contributed by atoms with Crippen molar-refractivity contribution in [3.63, 3.8) is 0 Å². The molecule has 3 aromatic heterocycles. The topological polar surface area (TPSA) is 120 Å². The van der Waals surface area contributed by atoms with Gasteiger partial charge in [-0.15, -0.1) is 0 Å². The number of nitrogens with zero attached hydrogens (tertiary/aromatic N) is 5. The molecule has 0 aromatic carbocycles. The smallest absolute Gasteiger partial charge is 0.224 e. The number of halogens is 1. The first-order valence-electron chi connectivity index (χ1n) is 11.7. The summed E-state index contributed by atoms with van der Waals surface area (Å²) in [6.07, 6.45) is 14.8. The number of allylic oxidation sites excluding steroid dienone is 5. The van der Waals surface area contributed by atoms with E-state index in [2.05, 4.69) is 35.8 Å². The van der Waals surface area contributed by atoms with Gasteiger partial charge in [0.15, 0.2) is 5.82 Å². The third-order valence-electron chi connectivity index (χ3n) is 6.09. The maximum atomic E-state index is 12.7. The van der Waals surface area contributed by atoms with E-state index >= 15 is 0 Å². The highest BCUT2D eigenvalue weighted by Crippen LogP contribution is 2.33. The first-order chi connectivity index (χ1) is 17.6. The van der Waals surface area contributed by atoms with Crippen LogP contribution in [0.3, 0.4) is 0 Å². The predicted octanol–water partition coefficient (Wildman–Crippen LogP) is 4.40. The lowest BCUT2D eigenvalue weighted by Crippen LogP contribution is -2.26. The van der Waals surface area contributed by atoms with E-state index in [1.54, 1.807) is 44.0 Å². The molecule has 1 atom stereocenters. The summed E-state index contributed by atoms with van der Waals surface area (Å²) in [4.78, 5) is 33.2. The van der Waals surface area contributed by atoms with Crippen molar-refractivity contribution in [1.29, 1.82) is 0 Å². The van der Waals surface area contributed by atoms with Crippen molar-refractivity contribution in [2.75, 3.05) is 12.0 Å². The lowest BCUT2D eigenvalue weighted by molar-refractivity contribution is -0.115. The lowest BCUT2D eigenvalue weighted by atomic mass is 9.89. The van der Waals surface area contributed by atoms with Crippen LogP contribution in [0.2, 0.25) is 0 Å². The van der Waals surface area contributed by atoms with Crippen LogP contribution in [0.5, 0.6) is 0 Å². The normalized spacial score (nSPS) is 17.5. The number of fused-ring (bicyclic) bond motifs is 2. The zero-order valence-corrected chi connectivity index (χ0v) is 19.9. The van der Waals surface area contributed by atoms with Crippen molar-refractivity contribution in [1.82, 2.24) is 25.4 Å². The zero-order chi connectivity index (χ0) is 25.1. The van der Waals surface area contributed by atoms with Crippen LogP contribution in [0, 0.1) is 5.92 Å². The van der Waals surface area contributed by atoms with E-state index in [-0.39, 0.29) is 11.8 Å². The number of alkyl halides is 1. The third-order valence-corrected chi connectivity index (χ3v) is 6.09. The van der Waals surface area contributed by atoms with Gasteiger partial charge in [-0.3, -0.25) is 20.2 Å². The van der Waals surface area contributed by atoms with Gasteiger partial charge in [-0.2, -0.15) is 5.10 Å². The highest BCUT2D eigenvalue weighted by molar-refractivity contribution is 6.18. The number of H-pyrrole nitrogens is 1. The van der Waals surface area contributed by atoms with Crippen LogP contribution in [0.25, 0.3) is 22.2 Å². The first-order valence-corrected chi connectivity index (χ1v) is 11.7. The fraction of sp³-hybridized carbons (Fsp3) is 0.231. The number of hydrazone groups is 1. The molecule has 5 rings (SSSR count). The number of imidazole rings is 1. The maximum absolute atomic E-state index is 12.7. The Kier molecular flexibility index (Phi) is 6.48. The Morgan fingerprint density at radius 2 is 2.11 bits per heavy atom. The van der Waals surface area contributed by atoms with Gasteiger partial charge >= 0.3 is 0 Å². The number of pyridine rings is 2. The lowest BCUT2D eigenvalue weighted by Gasteiger charge is -2.18. The summed E-state index contributed by atoms with van der Waals surface area (Å²) in [5.74, 6) is 1.18. The molecule has 0 fully saturated rings. The van der Waals surface area contributed by atoms with Gasteiger partial charge in [-0.25, -0.2) is 14.4 Å². The summed E-state index contributed by atoms with van der Waals surface area (Å²) in [7, 11) is 0. The second-order valence-corrected chi connectivity index (χ2v) is 8.37. The molecule has 2 aliphatic rings. The van der Waals surface area contributed by atoms with Crippen LogP contribution in [-0.4, -0.2) is 44.1 Å². The van der Waals surface area contributed by atoms with Crippen molar-refractivity contribution in [2.24, 2.45) is 16.0 Å². The fourth-order valence-electron chi connectivity index (χ4n) is 4.26. The molecule has 5 heterocycles. The number of rotatable bonds is 7. The Labute approximate surface area is 207 Å².